The largest absolute Gasteiger partial charge is 0.450 e. The first-order valence-corrected chi connectivity index (χ1v) is 14.8. The normalized spacial score (nSPS) is 17.5. The number of nitrogens with zero attached hydrogens (tertiary/aromatic N) is 4. The van der Waals surface area contributed by atoms with Crippen molar-refractivity contribution in [2.45, 2.75) is 46.2 Å². The van der Waals surface area contributed by atoms with Gasteiger partial charge < -0.3 is 9.32 Å². The maximum absolute atomic E-state index is 15.0. The zero-order valence-electron chi connectivity index (χ0n) is 24.0. The number of anilines is 2. The van der Waals surface area contributed by atoms with Gasteiger partial charge in [-0.2, -0.15) is 0 Å². The second-order valence-electron chi connectivity index (χ2n) is 11.5. The van der Waals surface area contributed by atoms with Gasteiger partial charge in [-0.3, -0.25) is 19.3 Å². The van der Waals surface area contributed by atoms with Crippen molar-refractivity contribution in [3.8, 4) is 0 Å². The summed E-state index contributed by atoms with van der Waals surface area (Å²) >= 11 is 1.20. The van der Waals surface area contributed by atoms with E-state index in [1.807, 2.05) is 13.8 Å². The molecule has 43 heavy (non-hydrogen) atoms. The van der Waals surface area contributed by atoms with Crippen LogP contribution in [-0.4, -0.2) is 22.0 Å². The van der Waals surface area contributed by atoms with E-state index in [2.05, 4.69) is 24.0 Å². The van der Waals surface area contributed by atoms with E-state index < -0.39 is 28.6 Å². The van der Waals surface area contributed by atoms with Crippen molar-refractivity contribution < 1.29 is 18.4 Å². The third-order valence-corrected chi connectivity index (χ3v) is 9.19. The summed E-state index contributed by atoms with van der Waals surface area (Å²) in [5, 5.41) is 9.83. The second-order valence-corrected chi connectivity index (χ2v) is 12.5. The number of halogens is 1. The number of aromatic nitrogens is 2. The van der Waals surface area contributed by atoms with Crippen molar-refractivity contribution in [3.05, 3.63) is 115 Å². The number of carbonyl (C=O) groups is 2. The Kier molecular flexibility index (Phi) is 6.10. The van der Waals surface area contributed by atoms with Gasteiger partial charge >= 0.3 is 0 Å². The summed E-state index contributed by atoms with van der Waals surface area (Å²) in [6, 6.07) is 16.7. The molecule has 2 aliphatic rings. The zero-order valence-corrected chi connectivity index (χ0v) is 24.8. The summed E-state index contributed by atoms with van der Waals surface area (Å²) in [7, 11) is 0. The molecular weight excluding hydrogens is 567 g/mol. The number of para-hydroxylation sites is 1. The molecule has 0 saturated heterocycles. The molecule has 7 rings (SSSR count). The summed E-state index contributed by atoms with van der Waals surface area (Å²) in [4.78, 5) is 46.6. The lowest BCUT2D eigenvalue weighted by atomic mass is 9.84. The first-order valence-electron chi connectivity index (χ1n) is 14.0. The Balaban J connectivity index is 1.54. The van der Waals surface area contributed by atoms with Crippen molar-refractivity contribution in [1.82, 2.24) is 10.2 Å². The zero-order chi connectivity index (χ0) is 30.2. The fraction of sp³-hybridized carbons (Fsp3) is 0.242. The average Bonchev–Trinajstić information content (AvgIpc) is 3.60. The average molecular weight is 595 g/mol. The Labute approximate surface area is 250 Å². The van der Waals surface area contributed by atoms with E-state index in [-0.39, 0.29) is 39.9 Å². The van der Waals surface area contributed by atoms with Crippen LogP contribution in [0.3, 0.4) is 0 Å². The molecule has 0 bridgehead atoms. The van der Waals surface area contributed by atoms with E-state index in [0.29, 0.717) is 28.2 Å². The summed E-state index contributed by atoms with van der Waals surface area (Å²) in [6.07, 6.45) is 0.628. The molecule has 0 aliphatic carbocycles. The van der Waals surface area contributed by atoms with Crippen LogP contribution < -0.4 is 15.2 Å². The van der Waals surface area contributed by atoms with Crippen LogP contribution in [0, 0.1) is 25.6 Å². The molecule has 10 heteroatoms. The number of hydrogen-bond donors (Lipinski definition) is 0. The van der Waals surface area contributed by atoms with Gasteiger partial charge in [0.05, 0.1) is 23.2 Å². The lowest BCUT2D eigenvalue weighted by molar-refractivity contribution is -0.121. The maximum Gasteiger partial charge on any atom is 0.297 e. The summed E-state index contributed by atoms with van der Waals surface area (Å²) < 4.78 is 21.1. The van der Waals surface area contributed by atoms with Gasteiger partial charge in [0.1, 0.15) is 16.4 Å². The van der Waals surface area contributed by atoms with Crippen LogP contribution in [0.15, 0.2) is 69.9 Å². The highest BCUT2D eigenvalue weighted by atomic mass is 32.1. The van der Waals surface area contributed by atoms with Crippen molar-refractivity contribution in [3.63, 3.8) is 0 Å². The molecule has 1 atom stereocenters. The molecule has 0 saturated carbocycles. The number of rotatable bonds is 5. The number of benzene rings is 3. The van der Waals surface area contributed by atoms with Crippen LogP contribution in [0.25, 0.3) is 11.0 Å². The SMILES string of the molecule is Cc1cc2oc3c(c(=O)c2cc1C)C1(C(=O)N(Cc2ccccc2F)c2ccccc21)N(c1nnc(CC(C)C)s1)C3=O. The number of fused-ring (bicyclic) bond motifs is 5. The highest BCUT2D eigenvalue weighted by Crippen LogP contribution is 2.54. The van der Waals surface area contributed by atoms with Gasteiger partial charge in [-0.1, -0.05) is 61.6 Å². The molecule has 2 aliphatic heterocycles. The molecule has 0 fully saturated rings. The molecule has 4 heterocycles. The summed E-state index contributed by atoms with van der Waals surface area (Å²) in [5.41, 5.74) is 0.747. The molecule has 216 valence electrons. The van der Waals surface area contributed by atoms with Crippen LogP contribution >= 0.6 is 11.3 Å². The van der Waals surface area contributed by atoms with Crippen LogP contribution in [0.1, 0.15) is 57.2 Å². The first kappa shape index (κ1) is 27.2. The van der Waals surface area contributed by atoms with Gasteiger partial charge in [0.15, 0.2) is 11.0 Å². The molecule has 2 aromatic heterocycles. The van der Waals surface area contributed by atoms with Crippen LogP contribution in [0.4, 0.5) is 15.2 Å². The molecule has 2 amide bonds. The number of amides is 2. The lowest BCUT2D eigenvalue weighted by Gasteiger charge is -2.32. The fourth-order valence-electron chi connectivity index (χ4n) is 6.14. The van der Waals surface area contributed by atoms with Gasteiger partial charge in [0.2, 0.25) is 10.9 Å². The van der Waals surface area contributed by atoms with Gasteiger partial charge in [-0.25, -0.2) is 4.39 Å². The van der Waals surface area contributed by atoms with Crippen molar-refractivity contribution >= 4 is 44.9 Å². The van der Waals surface area contributed by atoms with Crippen LogP contribution in [-0.2, 0) is 23.3 Å². The van der Waals surface area contributed by atoms with Gasteiger partial charge in [-0.05, 0) is 55.2 Å². The molecule has 3 aromatic carbocycles. The fourth-order valence-corrected chi connectivity index (χ4v) is 7.24. The van der Waals surface area contributed by atoms with Crippen LogP contribution in [0.5, 0.6) is 0 Å². The Hall–Kier alpha value is -4.70. The standard InChI is InChI=1S/C33H27FN4O4S/c1-17(2)13-26-35-36-32(43-26)38-30(40)29-27(28(39)21-14-18(3)19(4)15-25(21)42-29)33(38)22-10-6-8-12-24(22)37(31(33)41)16-20-9-5-7-11-23(20)34/h5-12,14-15,17H,13,16H2,1-4H3. The third-order valence-electron chi connectivity index (χ3n) is 8.26. The Bertz CT molecular complexity index is 2050. The lowest BCUT2D eigenvalue weighted by Crippen LogP contribution is -2.53. The van der Waals surface area contributed by atoms with E-state index in [9.17, 15) is 18.8 Å². The smallest absolute Gasteiger partial charge is 0.297 e. The maximum atomic E-state index is 15.0. The molecule has 5 aromatic rings. The third kappa shape index (κ3) is 3.82. The van der Waals surface area contributed by atoms with Gasteiger partial charge in [-0.15, -0.1) is 10.2 Å². The molecule has 0 N–H and O–H groups in total. The monoisotopic (exact) mass is 594 g/mol. The van der Waals surface area contributed by atoms with E-state index >= 15 is 0 Å². The van der Waals surface area contributed by atoms with Gasteiger partial charge in [0.25, 0.3) is 11.8 Å². The predicted molar refractivity (Wildman–Crippen MR) is 162 cm³/mol. The minimum atomic E-state index is -1.92. The van der Waals surface area contributed by atoms with Gasteiger partial charge in [0, 0.05) is 17.5 Å². The van der Waals surface area contributed by atoms with Crippen molar-refractivity contribution in [1.29, 1.82) is 0 Å². The highest BCUT2D eigenvalue weighted by Gasteiger charge is 2.66. The van der Waals surface area contributed by atoms with E-state index in [4.69, 9.17) is 4.42 Å². The predicted octanol–water partition coefficient (Wildman–Crippen LogP) is 6.05. The minimum Gasteiger partial charge on any atom is -0.450 e. The number of aryl methyl sites for hydroxylation is 2. The molecule has 1 spiro atoms. The Morgan fingerprint density at radius 1 is 0.977 bits per heavy atom. The summed E-state index contributed by atoms with van der Waals surface area (Å²) in [6.45, 7) is 7.78. The number of carbonyl (C=O) groups excluding carboxylic acids is 2. The van der Waals surface area contributed by atoms with E-state index in [1.54, 1.807) is 54.6 Å². The van der Waals surface area contributed by atoms with E-state index in [0.717, 1.165) is 11.1 Å². The van der Waals surface area contributed by atoms with Crippen molar-refractivity contribution in [2.75, 3.05) is 9.80 Å². The molecular formula is C33H27FN4O4S. The van der Waals surface area contributed by atoms with E-state index in [1.165, 1.54) is 27.2 Å². The Morgan fingerprint density at radius 3 is 2.47 bits per heavy atom. The topological polar surface area (TPSA) is 96.6 Å². The van der Waals surface area contributed by atoms with Crippen LogP contribution in [0.2, 0.25) is 0 Å². The molecule has 1 unspecified atom stereocenters. The second kappa shape index (κ2) is 9.67. The molecule has 8 nitrogen and oxygen atoms in total. The quantitative estimate of drug-likeness (QED) is 0.246. The summed E-state index contributed by atoms with van der Waals surface area (Å²) in [5.74, 6) is -1.62. The Morgan fingerprint density at radius 2 is 1.70 bits per heavy atom. The van der Waals surface area contributed by atoms with Crippen molar-refractivity contribution in [2.24, 2.45) is 5.92 Å². The first-order chi connectivity index (χ1) is 20.6. The minimum absolute atomic E-state index is 0.0673. The molecule has 0 radical (unpaired) electrons. The number of hydrogen-bond acceptors (Lipinski definition) is 7. The highest BCUT2D eigenvalue weighted by molar-refractivity contribution is 7.15.